The van der Waals surface area contributed by atoms with Crippen molar-refractivity contribution >= 4 is 58.5 Å². The van der Waals surface area contributed by atoms with Crippen LogP contribution in [0.4, 0.5) is 0 Å². The number of rotatable bonds is 2. The van der Waals surface area contributed by atoms with Gasteiger partial charge in [0, 0.05) is 0 Å². The van der Waals surface area contributed by atoms with Gasteiger partial charge in [-0.25, -0.2) is 5.43 Å². The fraction of sp³-hybridized carbons (Fsp3) is 0.111. The summed E-state index contributed by atoms with van der Waals surface area (Å²) in [5.41, 5.74) is 2.49. The molecule has 7 heteroatoms. The SMILES string of the molecule is O=C(NN=CC(Cl)(Cl)Cl)c1ccccc1Cl. The molecule has 0 spiro atoms. The second-order valence-corrected chi connectivity index (χ2v) is 5.50. The summed E-state index contributed by atoms with van der Waals surface area (Å²) in [5, 5.41) is 3.80. The highest BCUT2D eigenvalue weighted by Crippen LogP contribution is 2.22. The van der Waals surface area contributed by atoms with Gasteiger partial charge in [0.15, 0.2) is 0 Å². The molecule has 0 saturated heterocycles. The van der Waals surface area contributed by atoms with Crippen molar-refractivity contribution in [3.63, 3.8) is 0 Å². The number of nitrogens with one attached hydrogen (secondary N) is 1. The Balaban J connectivity index is 2.68. The van der Waals surface area contributed by atoms with E-state index in [1.165, 1.54) is 0 Å². The minimum atomic E-state index is -1.65. The number of alkyl halides is 3. The van der Waals surface area contributed by atoms with Crippen LogP contribution in [0, 0.1) is 0 Å². The molecule has 0 aliphatic carbocycles. The van der Waals surface area contributed by atoms with E-state index in [0.29, 0.717) is 10.6 Å². The minimum absolute atomic E-state index is 0.297. The number of carbonyl (C=O) groups excluding carboxylic acids is 1. The zero-order valence-electron chi connectivity index (χ0n) is 7.75. The summed E-state index contributed by atoms with van der Waals surface area (Å²) in [4.78, 5) is 11.5. The summed E-state index contributed by atoms with van der Waals surface area (Å²) in [6.07, 6.45) is 0.979. The predicted octanol–water partition coefficient (Wildman–Crippen LogP) is 3.43. The molecule has 0 aliphatic rings. The largest absolute Gasteiger partial charge is 0.272 e. The zero-order chi connectivity index (χ0) is 12.2. The maximum atomic E-state index is 11.5. The van der Waals surface area contributed by atoms with Crippen LogP contribution in [0.25, 0.3) is 0 Å². The van der Waals surface area contributed by atoms with E-state index in [0.717, 1.165) is 6.21 Å². The van der Waals surface area contributed by atoms with E-state index in [9.17, 15) is 4.79 Å². The lowest BCUT2D eigenvalue weighted by molar-refractivity contribution is 0.0955. The molecule has 1 aromatic carbocycles. The molecule has 0 heterocycles. The van der Waals surface area contributed by atoms with E-state index < -0.39 is 9.70 Å². The summed E-state index contributed by atoms with van der Waals surface area (Å²) in [7, 11) is 0. The van der Waals surface area contributed by atoms with Crippen LogP contribution in [0.1, 0.15) is 10.4 Å². The fourth-order valence-electron chi connectivity index (χ4n) is 0.870. The first-order valence-electron chi connectivity index (χ1n) is 4.06. The summed E-state index contributed by atoms with van der Waals surface area (Å²) >= 11 is 22.0. The topological polar surface area (TPSA) is 41.5 Å². The second-order valence-electron chi connectivity index (χ2n) is 2.72. The van der Waals surface area contributed by atoms with Gasteiger partial charge in [0.05, 0.1) is 16.8 Å². The molecular weight excluding hydrogens is 294 g/mol. The van der Waals surface area contributed by atoms with E-state index in [1.54, 1.807) is 24.3 Å². The van der Waals surface area contributed by atoms with Crippen LogP contribution in [0.15, 0.2) is 29.4 Å². The van der Waals surface area contributed by atoms with Gasteiger partial charge in [0.25, 0.3) is 5.91 Å². The number of halogens is 4. The number of carbonyl (C=O) groups is 1. The summed E-state index contributed by atoms with van der Waals surface area (Å²) in [6, 6.07) is 6.54. The van der Waals surface area contributed by atoms with Crippen molar-refractivity contribution in [1.82, 2.24) is 5.43 Å². The third kappa shape index (κ3) is 4.58. The van der Waals surface area contributed by atoms with Crippen LogP contribution in [-0.2, 0) is 0 Å². The highest BCUT2D eigenvalue weighted by atomic mass is 35.6. The Kier molecular flexibility index (Phi) is 4.87. The quantitative estimate of drug-likeness (QED) is 0.507. The maximum Gasteiger partial charge on any atom is 0.272 e. The monoisotopic (exact) mass is 298 g/mol. The number of hydrogen-bond acceptors (Lipinski definition) is 2. The zero-order valence-corrected chi connectivity index (χ0v) is 10.8. The molecule has 1 aromatic rings. The number of amides is 1. The maximum absolute atomic E-state index is 11.5. The summed E-state index contributed by atoms with van der Waals surface area (Å²) < 4.78 is -1.65. The molecule has 86 valence electrons. The van der Waals surface area contributed by atoms with Crippen molar-refractivity contribution in [3.05, 3.63) is 34.9 Å². The smallest absolute Gasteiger partial charge is 0.267 e. The van der Waals surface area contributed by atoms with E-state index in [1.807, 2.05) is 0 Å². The van der Waals surface area contributed by atoms with E-state index in [-0.39, 0.29) is 0 Å². The highest BCUT2D eigenvalue weighted by molar-refractivity contribution is 6.74. The fourth-order valence-corrected chi connectivity index (χ4v) is 1.24. The first kappa shape index (κ1) is 13.6. The Morgan fingerprint density at radius 1 is 1.31 bits per heavy atom. The summed E-state index contributed by atoms with van der Waals surface area (Å²) in [6.45, 7) is 0. The molecule has 0 fully saturated rings. The average molecular weight is 300 g/mol. The molecule has 0 saturated carbocycles. The van der Waals surface area contributed by atoms with Crippen LogP contribution in [0.5, 0.6) is 0 Å². The second kappa shape index (κ2) is 5.73. The third-order valence-corrected chi connectivity index (χ3v) is 2.12. The first-order valence-corrected chi connectivity index (χ1v) is 5.57. The van der Waals surface area contributed by atoms with Crippen molar-refractivity contribution in [2.24, 2.45) is 5.10 Å². The molecule has 16 heavy (non-hydrogen) atoms. The van der Waals surface area contributed by atoms with Crippen molar-refractivity contribution in [1.29, 1.82) is 0 Å². The predicted molar refractivity (Wildman–Crippen MR) is 67.7 cm³/mol. The molecule has 0 aliphatic heterocycles. The lowest BCUT2D eigenvalue weighted by Gasteiger charge is -2.04. The summed E-state index contributed by atoms with van der Waals surface area (Å²) in [5.74, 6) is -0.476. The Bertz CT molecular complexity index is 414. The van der Waals surface area contributed by atoms with Gasteiger partial charge >= 0.3 is 0 Å². The van der Waals surface area contributed by atoms with Gasteiger partial charge in [0.2, 0.25) is 3.79 Å². The van der Waals surface area contributed by atoms with Crippen molar-refractivity contribution in [2.75, 3.05) is 0 Å². The molecule has 0 atom stereocenters. The van der Waals surface area contributed by atoms with E-state index in [4.69, 9.17) is 46.4 Å². The normalized spacial score (nSPS) is 11.8. The molecular formula is C9H6Cl4N2O. The van der Waals surface area contributed by atoms with Gasteiger partial charge < -0.3 is 0 Å². The number of hydrogen-bond donors (Lipinski definition) is 1. The first-order chi connectivity index (χ1) is 7.40. The lowest BCUT2D eigenvalue weighted by atomic mass is 10.2. The van der Waals surface area contributed by atoms with Crippen LogP contribution < -0.4 is 5.43 Å². The van der Waals surface area contributed by atoms with Gasteiger partial charge in [0.1, 0.15) is 0 Å². The van der Waals surface area contributed by atoms with Gasteiger partial charge in [-0.3, -0.25) is 4.79 Å². The lowest BCUT2D eigenvalue weighted by Crippen LogP contribution is -2.19. The molecule has 0 radical (unpaired) electrons. The standard InChI is InChI=1S/C9H6Cl4N2O/c10-7-4-2-1-3-6(7)8(16)15-14-5-9(11,12)13/h1-5H,(H,15,16). The van der Waals surface area contributed by atoms with E-state index in [2.05, 4.69) is 10.5 Å². The molecule has 3 nitrogen and oxygen atoms in total. The minimum Gasteiger partial charge on any atom is -0.267 e. The Morgan fingerprint density at radius 3 is 2.50 bits per heavy atom. The van der Waals surface area contributed by atoms with Crippen LogP contribution >= 0.6 is 46.4 Å². The molecule has 0 unspecified atom stereocenters. The van der Waals surface area contributed by atoms with Crippen LogP contribution in [0.3, 0.4) is 0 Å². The van der Waals surface area contributed by atoms with Gasteiger partial charge in [-0.1, -0.05) is 58.5 Å². The van der Waals surface area contributed by atoms with Crippen LogP contribution in [-0.4, -0.2) is 15.9 Å². The number of benzene rings is 1. The molecule has 0 aromatic heterocycles. The van der Waals surface area contributed by atoms with Gasteiger partial charge in [-0.2, -0.15) is 5.10 Å². The Labute approximate surface area is 112 Å². The highest BCUT2D eigenvalue weighted by Gasteiger charge is 2.16. The van der Waals surface area contributed by atoms with E-state index >= 15 is 0 Å². The van der Waals surface area contributed by atoms with Crippen molar-refractivity contribution in [2.45, 2.75) is 3.79 Å². The number of nitrogens with zero attached hydrogens (tertiary/aromatic N) is 1. The molecule has 1 N–H and O–H groups in total. The van der Waals surface area contributed by atoms with Crippen molar-refractivity contribution in [3.8, 4) is 0 Å². The van der Waals surface area contributed by atoms with Crippen LogP contribution in [0.2, 0.25) is 5.02 Å². The molecule has 1 rings (SSSR count). The average Bonchev–Trinajstić information content (AvgIpc) is 2.16. The number of hydrazone groups is 1. The third-order valence-electron chi connectivity index (χ3n) is 1.50. The Hall–Kier alpha value is -0.480. The van der Waals surface area contributed by atoms with Gasteiger partial charge in [-0.15, -0.1) is 0 Å². The van der Waals surface area contributed by atoms with Gasteiger partial charge in [-0.05, 0) is 12.1 Å². The Morgan fingerprint density at radius 2 is 1.94 bits per heavy atom. The molecule has 0 bridgehead atoms. The van der Waals surface area contributed by atoms with Crippen molar-refractivity contribution < 1.29 is 4.79 Å². The molecule has 1 amide bonds.